The second kappa shape index (κ2) is 6.02. The van der Waals surface area contributed by atoms with Gasteiger partial charge in [-0.1, -0.05) is 12.1 Å². The molecule has 0 unspecified atom stereocenters. The topological polar surface area (TPSA) is 31.3 Å². The van der Waals surface area contributed by atoms with Crippen LogP contribution in [0.25, 0.3) is 0 Å². The van der Waals surface area contributed by atoms with Gasteiger partial charge in [-0.15, -0.1) is 0 Å². The van der Waals surface area contributed by atoms with Gasteiger partial charge in [-0.2, -0.15) is 0 Å². The summed E-state index contributed by atoms with van der Waals surface area (Å²) >= 11 is 0. The highest BCUT2D eigenvalue weighted by Crippen LogP contribution is 2.45. The third kappa shape index (κ3) is 2.38. The van der Waals surface area contributed by atoms with Crippen molar-refractivity contribution in [2.75, 3.05) is 51.8 Å². The maximum atomic E-state index is 5.47. The van der Waals surface area contributed by atoms with Crippen molar-refractivity contribution in [2.24, 2.45) is 4.99 Å². The first-order chi connectivity index (χ1) is 12.7. The molecule has 0 aromatic heterocycles. The summed E-state index contributed by atoms with van der Waals surface area (Å²) < 4.78 is 5.47. The lowest BCUT2D eigenvalue weighted by atomic mass is 10.1. The van der Waals surface area contributed by atoms with Crippen molar-refractivity contribution in [3.63, 3.8) is 0 Å². The van der Waals surface area contributed by atoms with Crippen LogP contribution in [-0.4, -0.2) is 62.5 Å². The number of ether oxygens (including phenoxy) is 1. The molecule has 0 N–H and O–H groups in total. The van der Waals surface area contributed by atoms with Crippen LogP contribution >= 0.6 is 0 Å². The summed E-state index contributed by atoms with van der Waals surface area (Å²) in [5, 5.41) is 0. The Balaban J connectivity index is 1.70. The van der Waals surface area contributed by atoms with Gasteiger partial charge in [0.1, 0.15) is 11.6 Å². The molecule has 0 bridgehead atoms. The number of benzene rings is 2. The number of hydrogen-bond donors (Lipinski definition) is 0. The van der Waals surface area contributed by atoms with Crippen LogP contribution in [0.1, 0.15) is 11.1 Å². The number of methoxy groups -OCH3 is 1. The predicted molar refractivity (Wildman–Crippen MR) is 105 cm³/mol. The van der Waals surface area contributed by atoms with Crippen molar-refractivity contribution in [1.29, 1.82) is 0 Å². The van der Waals surface area contributed by atoms with E-state index in [0.29, 0.717) is 0 Å². The number of rotatable bonds is 1. The summed E-state index contributed by atoms with van der Waals surface area (Å²) in [7, 11) is 3.90. The van der Waals surface area contributed by atoms with Crippen molar-refractivity contribution >= 4 is 22.9 Å². The van der Waals surface area contributed by atoms with Crippen LogP contribution in [0.3, 0.4) is 0 Å². The molecule has 3 heterocycles. The molecule has 1 fully saturated rings. The van der Waals surface area contributed by atoms with E-state index in [1.165, 1.54) is 22.5 Å². The maximum Gasteiger partial charge on any atom is 0.138 e. The Morgan fingerprint density at radius 2 is 1.85 bits per heavy atom. The molecule has 0 aliphatic carbocycles. The average Bonchev–Trinajstić information content (AvgIpc) is 3.05. The minimum Gasteiger partial charge on any atom is -0.497 e. The fourth-order valence-electron chi connectivity index (χ4n) is 4.26. The number of piperazine rings is 1. The highest BCUT2D eigenvalue weighted by molar-refractivity contribution is 6.09. The highest BCUT2D eigenvalue weighted by atomic mass is 16.5. The van der Waals surface area contributed by atoms with E-state index < -0.39 is 0 Å². The minimum atomic E-state index is 0.857. The van der Waals surface area contributed by atoms with E-state index in [0.717, 1.165) is 56.4 Å². The van der Waals surface area contributed by atoms with Gasteiger partial charge in [0.05, 0.1) is 24.2 Å². The third-order valence-electron chi connectivity index (χ3n) is 5.74. The zero-order valence-corrected chi connectivity index (χ0v) is 15.4. The van der Waals surface area contributed by atoms with Gasteiger partial charge in [-0.25, -0.2) is 4.99 Å². The van der Waals surface area contributed by atoms with Crippen molar-refractivity contribution in [2.45, 2.75) is 6.42 Å². The van der Waals surface area contributed by atoms with Gasteiger partial charge < -0.3 is 19.4 Å². The molecule has 5 rings (SSSR count). The molecule has 1 saturated heterocycles. The number of fused-ring (bicyclic) bond motifs is 2. The Labute approximate surface area is 154 Å². The Hall–Kier alpha value is -2.53. The molecule has 3 aliphatic heterocycles. The molecule has 2 aromatic carbocycles. The van der Waals surface area contributed by atoms with Crippen LogP contribution in [0.15, 0.2) is 41.4 Å². The molecular formula is C21H24N4O. The number of hydrogen-bond acceptors (Lipinski definition) is 5. The van der Waals surface area contributed by atoms with E-state index in [9.17, 15) is 0 Å². The van der Waals surface area contributed by atoms with Crippen LogP contribution in [0.5, 0.6) is 5.75 Å². The van der Waals surface area contributed by atoms with Gasteiger partial charge in [0.15, 0.2) is 0 Å². The number of aliphatic imine (C=N–C) groups is 1. The molecule has 0 amide bonds. The quantitative estimate of drug-likeness (QED) is 0.793. The monoisotopic (exact) mass is 348 g/mol. The molecule has 3 aliphatic rings. The largest absolute Gasteiger partial charge is 0.497 e. The zero-order valence-electron chi connectivity index (χ0n) is 15.4. The molecule has 134 valence electrons. The van der Waals surface area contributed by atoms with E-state index in [4.69, 9.17) is 9.73 Å². The van der Waals surface area contributed by atoms with Crippen molar-refractivity contribution in [1.82, 2.24) is 9.80 Å². The molecule has 0 atom stereocenters. The second-order valence-electron chi connectivity index (χ2n) is 7.30. The van der Waals surface area contributed by atoms with Gasteiger partial charge in [0.2, 0.25) is 0 Å². The smallest absolute Gasteiger partial charge is 0.138 e. The predicted octanol–water partition coefficient (Wildman–Crippen LogP) is 3.03. The lowest BCUT2D eigenvalue weighted by Crippen LogP contribution is -2.47. The number of anilines is 2. The van der Waals surface area contributed by atoms with Gasteiger partial charge in [0, 0.05) is 44.4 Å². The molecule has 26 heavy (non-hydrogen) atoms. The van der Waals surface area contributed by atoms with Gasteiger partial charge in [-0.3, -0.25) is 0 Å². The number of nitrogens with zero attached hydrogens (tertiary/aromatic N) is 4. The summed E-state index contributed by atoms with van der Waals surface area (Å²) in [5.41, 5.74) is 6.21. The highest BCUT2D eigenvalue weighted by Gasteiger charge is 2.32. The fraction of sp³-hybridized carbons (Fsp3) is 0.381. The molecule has 5 heteroatoms. The molecule has 0 saturated carbocycles. The van der Waals surface area contributed by atoms with Crippen molar-refractivity contribution in [3.8, 4) is 5.75 Å². The molecule has 0 spiro atoms. The van der Waals surface area contributed by atoms with E-state index in [2.05, 4.69) is 52.1 Å². The standard InChI is InChI=1S/C21H24N4O/c1-23-10-12-24(13-11-23)21-17-5-3-4-15-8-9-25(20(15)17)19-7-6-16(26-2)14-18(19)22-21/h3-7,14H,8-13H2,1-2H3. The molecule has 0 radical (unpaired) electrons. The summed E-state index contributed by atoms with van der Waals surface area (Å²) in [6, 6.07) is 12.9. The van der Waals surface area contributed by atoms with Crippen LogP contribution in [0, 0.1) is 0 Å². The SMILES string of the molecule is COc1ccc2c(c1)N=C(N1CCN(C)CC1)c1cccc3c1N2CC3. The first-order valence-electron chi connectivity index (χ1n) is 9.34. The van der Waals surface area contributed by atoms with Crippen LogP contribution < -0.4 is 9.64 Å². The van der Waals surface area contributed by atoms with E-state index >= 15 is 0 Å². The molecule has 5 nitrogen and oxygen atoms in total. The summed E-state index contributed by atoms with van der Waals surface area (Å²) in [6.07, 6.45) is 1.09. The second-order valence-corrected chi connectivity index (χ2v) is 7.30. The zero-order chi connectivity index (χ0) is 17.7. The first kappa shape index (κ1) is 15.7. The minimum absolute atomic E-state index is 0.857. The van der Waals surface area contributed by atoms with Crippen LogP contribution in [0.2, 0.25) is 0 Å². The third-order valence-corrected chi connectivity index (χ3v) is 5.74. The summed E-state index contributed by atoms with van der Waals surface area (Å²) in [4.78, 5) is 12.4. The van der Waals surface area contributed by atoms with Gasteiger partial charge in [0.25, 0.3) is 0 Å². The molecule has 2 aromatic rings. The maximum absolute atomic E-state index is 5.47. The number of amidine groups is 1. The van der Waals surface area contributed by atoms with Crippen LogP contribution in [0.4, 0.5) is 17.1 Å². The first-order valence-corrected chi connectivity index (χ1v) is 9.34. The van der Waals surface area contributed by atoms with Crippen molar-refractivity contribution in [3.05, 3.63) is 47.5 Å². The summed E-state index contributed by atoms with van der Waals surface area (Å²) in [5.74, 6) is 1.96. The van der Waals surface area contributed by atoms with E-state index in [-0.39, 0.29) is 0 Å². The summed E-state index contributed by atoms with van der Waals surface area (Å²) in [6.45, 7) is 5.18. The number of likely N-dealkylation sites (N-methyl/N-ethyl adjacent to an activating group) is 1. The Kier molecular flexibility index (Phi) is 3.64. The van der Waals surface area contributed by atoms with Crippen molar-refractivity contribution < 1.29 is 4.74 Å². The lowest BCUT2D eigenvalue weighted by Gasteiger charge is -2.35. The fourth-order valence-corrected chi connectivity index (χ4v) is 4.26. The Morgan fingerprint density at radius 3 is 2.65 bits per heavy atom. The lowest BCUT2D eigenvalue weighted by molar-refractivity contribution is 0.216. The van der Waals surface area contributed by atoms with Gasteiger partial charge in [-0.05, 0) is 37.2 Å². The van der Waals surface area contributed by atoms with E-state index in [1.807, 2.05) is 6.07 Å². The van der Waals surface area contributed by atoms with E-state index in [1.54, 1.807) is 7.11 Å². The Morgan fingerprint density at radius 1 is 1.00 bits per heavy atom. The Bertz CT molecular complexity index is 884. The van der Waals surface area contributed by atoms with Gasteiger partial charge >= 0.3 is 0 Å². The average molecular weight is 348 g/mol. The normalized spacial score (nSPS) is 18.9. The van der Waals surface area contributed by atoms with Crippen LogP contribution in [-0.2, 0) is 6.42 Å². The molecular weight excluding hydrogens is 324 g/mol. The number of para-hydroxylation sites is 1.